The van der Waals surface area contributed by atoms with Gasteiger partial charge in [-0.05, 0) is 18.2 Å². The van der Waals surface area contributed by atoms with Gasteiger partial charge in [0.1, 0.15) is 0 Å². The molecule has 1 aromatic carbocycles. The highest BCUT2D eigenvalue weighted by molar-refractivity contribution is 5.76. The molecule has 0 bridgehead atoms. The fourth-order valence-corrected chi connectivity index (χ4v) is 1.93. The standard InChI is InChI=1S/C13H19N3O2/c14-11-2-1-3-12(10-11)15-5-4-13(17)16-6-8-18-9-7-16/h1-3,10,15H,4-9,14H2. The van der Waals surface area contributed by atoms with E-state index in [0.717, 1.165) is 11.4 Å². The lowest BCUT2D eigenvalue weighted by molar-refractivity contribution is -0.134. The molecule has 1 aliphatic rings. The van der Waals surface area contributed by atoms with Gasteiger partial charge in [0.2, 0.25) is 5.91 Å². The maximum absolute atomic E-state index is 11.9. The van der Waals surface area contributed by atoms with Crippen LogP contribution in [0.25, 0.3) is 0 Å². The van der Waals surface area contributed by atoms with Gasteiger partial charge in [-0.2, -0.15) is 0 Å². The van der Waals surface area contributed by atoms with E-state index in [1.54, 1.807) is 0 Å². The smallest absolute Gasteiger partial charge is 0.224 e. The third kappa shape index (κ3) is 3.63. The van der Waals surface area contributed by atoms with Crippen LogP contribution < -0.4 is 11.1 Å². The maximum Gasteiger partial charge on any atom is 0.224 e. The minimum absolute atomic E-state index is 0.176. The lowest BCUT2D eigenvalue weighted by Crippen LogP contribution is -2.41. The van der Waals surface area contributed by atoms with Gasteiger partial charge in [-0.1, -0.05) is 6.07 Å². The molecule has 1 saturated heterocycles. The number of anilines is 2. The summed E-state index contributed by atoms with van der Waals surface area (Å²) in [5, 5.41) is 3.20. The summed E-state index contributed by atoms with van der Waals surface area (Å²) in [6, 6.07) is 7.53. The van der Waals surface area contributed by atoms with Crippen molar-refractivity contribution < 1.29 is 9.53 Å². The summed E-state index contributed by atoms with van der Waals surface area (Å²) in [6.45, 7) is 3.33. The van der Waals surface area contributed by atoms with Crippen molar-refractivity contribution >= 4 is 17.3 Å². The lowest BCUT2D eigenvalue weighted by Gasteiger charge is -2.26. The highest BCUT2D eigenvalue weighted by atomic mass is 16.5. The lowest BCUT2D eigenvalue weighted by atomic mass is 10.2. The molecule has 0 atom stereocenters. The maximum atomic E-state index is 11.9. The van der Waals surface area contributed by atoms with Crippen LogP contribution in [0.3, 0.4) is 0 Å². The number of benzene rings is 1. The molecule has 1 heterocycles. The van der Waals surface area contributed by atoms with Crippen molar-refractivity contribution in [2.45, 2.75) is 6.42 Å². The van der Waals surface area contributed by atoms with Crippen molar-refractivity contribution in [2.75, 3.05) is 43.9 Å². The first kappa shape index (κ1) is 12.7. The number of nitrogens with one attached hydrogen (secondary N) is 1. The van der Waals surface area contributed by atoms with Crippen LogP contribution in [0.4, 0.5) is 11.4 Å². The Labute approximate surface area is 107 Å². The summed E-state index contributed by atoms with van der Waals surface area (Å²) in [7, 11) is 0. The molecule has 0 aromatic heterocycles. The predicted molar refractivity (Wildman–Crippen MR) is 71.4 cm³/mol. The monoisotopic (exact) mass is 249 g/mol. The Morgan fingerprint density at radius 3 is 2.89 bits per heavy atom. The summed E-state index contributed by atoms with van der Waals surface area (Å²) < 4.78 is 5.21. The van der Waals surface area contributed by atoms with Crippen LogP contribution in [0.15, 0.2) is 24.3 Å². The molecule has 1 fully saturated rings. The number of morpholine rings is 1. The minimum Gasteiger partial charge on any atom is -0.399 e. The molecule has 0 spiro atoms. The molecule has 1 amide bonds. The first-order valence-corrected chi connectivity index (χ1v) is 6.20. The Balaban J connectivity index is 1.73. The Morgan fingerprint density at radius 2 is 2.17 bits per heavy atom. The fourth-order valence-electron chi connectivity index (χ4n) is 1.93. The van der Waals surface area contributed by atoms with Gasteiger partial charge in [0.05, 0.1) is 13.2 Å². The van der Waals surface area contributed by atoms with E-state index in [1.165, 1.54) is 0 Å². The number of hydrogen-bond acceptors (Lipinski definition) is 4. The number of nitrogen functional groups attached to an aromatic ring is 1. The summed E-state index contributed by atoms with van der Waals surface area (Å²) >= 11 is 0. The van der Waals surface area contributed by atoms with Crippen LogP contribution in [-0.4, -0.2) is 43.7 Å². The predicted octanol–water partition coefficient (Wildman–Crippen LogP) is 0.930. The Hall–Kier alpha value is -1.75. The minimum atomic E-state index is 0.176. The van der Waals surface area contributed by atoms with Gasteiger partial charge in [0.25, 0.3) is 0 Å². The molecule has 98 valence electrons. The van der Waals surface area contributed by atoms with Gasteiger partial charge < -0.3 is 20.7 Å². The first-order chi connectivity index (χ1) is 8.75. The number of carbonyl (C=O) groups excluding carboxylic acids is 1. The van der Waals surface area contributed by atoms with E-state index in [1.807, 2.05) is 29.2 Å². The molecule has 1 aromatic rings. The number of hydrogen-bond donors (Lipinski definition) is 2. The van der Waals surface area contributed by atoms with Crippen molar-refractivity contribution in [3.8, 4) is 0 Å². The number of carbonyl (C=O) groups is 1. The van der Waals surface area contributed by atoms with Crippen molar-refractivity contribution in [1.82, 2.24) is 4.90 Å². The molecular formula is C13H19N3O2. The number of rotatable bonds is 4. The van der Waals surface area contributed by atoms with Crippen molar-refractivity contribution in [3.05, 3.63) is 24.3 Å². The van der Waals surface area contributed by atoms with Crippen LogP contribution in [0.5, 0.6) is 0 Å². The molecular weight excluding hydrogens is 230 g/mol. The molecule has 0 unspecified atom stereocenters. The van der Waals surface area contributed by atoms with Crippen molar-refractivity contribution in [1.29, 1.82) is 0 Å². The molecule has 0 saturated carbocycles. The van der Waals surface area contributed by atoms with Crippen LogP contribution in [0.1, 0.15) is 6.42 Å². The molecule has 0 radical (unpaired) electrons. The first-order valence-electron chi connectivity index (χ1n) is 6.20. The number of ether oxygens (including phenoxy) is 1. The molecule has 1 aliphatic heterocycles. The fraction of sp³-hybridized carbons (Fsp3) is 0.462. The number of nitrogens with two attached hydrogens (primary N) is 1. The zero-order valence-electron chi connectivity index (χ0n) is 10.4. The Bertz CT molecular complexity index is 403. The average Bonchev–Trinajstić information content (AvgIpc) is 2.40. The van der Waals surface area contributed by atoms with E-state index < -0.39 is 0 Å². The van der Waals surface area contributed by atoms with Gasteiger partial charge >= 0.3 is 0 Å². The highest BCUT2D eigenvalue weighted by Gasteiger charge is 2.15. The summed E-state index contributed by atoms with van der Waals surface area (Å²) in [6.07, 6.45) is 0.495. The van der Waals surface area contributed by atoms with E-state index in [9.17, 15) is 4.79 Å². The SMILES string of the molecule is Nc1cccc(NCCC(=O)N2CCOCC2)c1. The molecule has 3 N–H and O–H groups in total. The van der Waals surface area contributed by atoms with Gasteiger partial charge in [0, 0.05) is 37.4 Å². The zero-order chi connectivity index (χ0) is 12.8. The van der Waals surface area contributed by atoms with Gasteiger partial charge in [0.15, 0.2) is 0 Å². The van der Waals surface area contributed by atoms with Crippen LogP contribution >= 0.6 is 0 Å². The van der Waals surface area contributed by atoms with E-state index in [0.29, 0.717) is 39.3 Å². The molecule has 18 heavy (non-hydrogen) atoms. The van der Waals surface area contributed by atoms with Gasteiger partial charge in [-0.15, -0.1) is 0 Å². The van der Waals surface area contributed by atoms with E-state index in [-0.39, 0.29) is 5.91 Å². The van der Waals surface area contributed by atoms with E-state index >= 15 is 0 Å². The second kappa shape index (κ2) is 6.26. The van der Waals surface area contributed by atoms with Crippen LogP contribution in [0.2, 0.25) is 0 Å². The van der Waals surface area contributed by atoms with E-state index in [4.69, 9.17) is 10.5 Å². The molecule has 5 heteroatoms. The quantitative estimate of drug-likeness (QED) is 0.779. The van der Waals surface area contributed by atoms with E-state index in [2.05, 4.69) is 5.32 Å². The Morgan fingerprint density at radius 1 is 1.39 bits per heavy atom. The normalized spacial score (nSPS) is 15.4. The third-order valence-corrected chi connectivity index (χ3v) is 2.92. The molecule has 5 nitrogen and oxygen atoms in total. The molecule has 2 rings (SSSR count). The average molecular weight is 249 g/mol. The van der Waals surface area contributed by atoms with Gasteiger partial charge in [-0.25, -0.2) is 0 Å². The third-order valence-electron chi connectivity index (χ3n) is 2.92. The zero-order valence-corrected chi connectivity index (χ0v) is 10.4. The van der Waals surface area contributed by atoms with Crippen LogP contribution in [-0.2, 0) is 9.53 Å². The summed E-state index contributed by atoms with van der Waals surface area (Å²) in [4.78, 5) is 13.7. The second-order valence-corrected chi connectivity index (χ2v) is 4.30. The largest absolute Gasteiger partial charge is 0.399 e. The number of nitrogens with zero attached hydrogens (tertiary/aromatic N) is 1. The topological polar surface area (TPSA) is 67.6 Å². The highest BCUT2D eigenvalue weighted by Crippen LogP contribution is 2.11. The van der Waals surface area contributed by atoms with Crippen molar-refractivity contribution in [2.24, 2.45) is 0 Å². The molecule has 0 aliphatic carbocycles. The Kier molecular flexibility index (Phi) is 4.41. The van der Waals surface area contributed by atoms with Crippen molar-refractivity contribution in [3.63, 3.8) is 0 Å². The summed E-state index contributed by atoms with van der Waals surface area (Å²) in [5.74, 6) is 0.176. The summed E-state index contributed by atoms with van der Waals surface area (Å²) in [5.41, 5.74) is 7.35. The van der Waals surface area contributed by atoms with Crippen LogP contribution in [0, 0.1) is 0 Å². The number of amides is 1. The second-order valence-electron chi connectivity index (χ2n) is 4.30. The van der Waals surface area contributed by atoms with Gasteiger partial charge in [-0.3, -0.25) is 4.79 Å².